The molecule has 2 aromatic carbocycles. The average Bonchev–Trinajstić information content (AvgIpc) is 3.30. The lowest BCUT2D eigenvalue weighted by atomic mass is 10.2. The molecule has 0 N–H and O–H groups in total. The number of hydrogen-bond donors (Lipinski definition) is 0. The van der Waals surface area contributed by atoms with Gasteiger partial charge >= 0.3 is 0 Å². The molecule has 3 rings (SSSR count). The zero-order chi connectivity index (χ0) is 22.9. The Kier molecular flexibility index (Phi) is 9.67. The van der Waals surface area contributed by atoms with Crippen LogP contribution in [0.5, 0.6) is 17.2 Å². The summed E-state index contributed by atoms with van der Waals surface area (Å²) in [4.78, 5) is 14.3. The third-order valence-corrected chi connectivity index (χ3v) is 5.63. The van der Waals surface area contributed by atoms with Crippen LogP contribution in [0.25, 0.3) is 0 Å². The zero-order valence-electron chi connectivity index (χ0n) is 17.3. The van der Waals surface area contributed by atoms with Gasteiger partial charge in [0, 0.05) is 37.2 Å². The third-order valence-electron chi connectivity index (χ3n) is 4.76. The predicted octanol–water partition coefficient (Wildman–Crippen LogP) is 6.78. The van der Waals surface area contributed by atoms with Crippen LogP contribution in [0.1, 0.15) is 29.6 Å². The number of hydrogen-bond acceptors (Lipinski definition) is 4. The SMILES string of the molecule is O=C(c1ccc(OCCCOc2c(Cl)cc(OCC=C(Cl)Cl)cc2Cl)cc1)N1CCCC1. The van der Waals surface area contributed by atoms with E-state index in [1.165, 1.54) is 6.08 Å². The fourth-order valence-electron chi connectivity index (χ4n) is 3.18. The number of halogens is 4. The highest BCUT2D eigenvalue weighted by Gasteiger charge is 2.19. The number of rotatable bonds is 10. The summed E-state index contributed by atoms with van der Waals surface area (Å²) in [6, 6.07) is 10.4. The number of carbonyl (C=O) groups is 1. The first kappa shape index (κ1) is 24.8. The minimum atomic E-state index is 0.0759. The molecule has 172 valence electrons. The molecular weight excluding hydrogens is 496 g/mol. The highest BCUT2D eigenvalue weighted by atomic mass is 35.5. The van der Waals surface area contributed by atoms with Crippen LogP contribution in [-0.2, 0) is 0 Å². The molecule has 0 bridgehead atoms. The molecule has 0 aliphatic carbocycles. The largest absolute Gasteiger partial charge is 0.493 e. The average molecular weight is 519 g/mol. The monoisotopic (exact) mass is 517 g/mol. The van der Waals surface area contributed by atoms with Gasteiger partial charge in [0.1, 0.15) is 22.6 Å². The first-order chi connectivity index (χ1) is 15.4. The topological polar surface area (TPSA) is 48.0 Å². The van der Waals surface area contributed by atoms with E-state index in [-0.39, 0.29) is 17.0 Å². The van der Waals surface area contributed by atoms with E-state index >= 15 is 0 Å². The van der Waals surface area contributed by atoms with Crippen LogP contribution in [0.2, 0.25) is 10.0 Å². The number of likely N-dealkylation sites (tertiary alicyclic amines) is 1. The van der Waals surface area contributed by atoms with Crippen molar-refractivity contribution in [1.82, 2.24) is 4.90 Å². The number of ether oxygens (including phenoxy) is 3. The number of nitrogens with zero attached hydrogens (tertiary/aromatic N) is 1. The van der Waals surface area contributed by atoms with Gasteiger partial charge < -0.3 is 19.1 Å². The maximum atomic E-state index is 12.4. The van der Waals surface area contributed by atoms with Crippen LogP contribution in [0, 0.1) is 0 Å². The fourth-order valence-corrected chi connectivity index (χ4v) is 3.88. The molecule has 1 aliphatic heterocycles. The molecule has 2 aromatic rings. The summed E-state index contributed by atoms with van der Waals surface area (Å²) in [5.74, 6) is 1.64. The standard InChI is InChI=1S/C23H23Cl4NO4/c24-19-14-18(31-13-8-21(26)27)15-20(25)22(19)32-12-3-11-30-17-6-4-16(5-7-17)23(29)28-9-1-2-10-28/h4-8,14-15H,1-3,9-13H2. The molecule has 1 aliphatic rings. The van der Waals surface area contributed by atoms with Gasteiger partial charge in [-0.15, -0.1) is 0 Å². The van der Waals surface area contributed by atoms with Crippen molar-refractivity contribution in [1.29, 1.82) is 0 Å². The smallest absolute Gasteiger partial charge is 0.253 e. The minimum absolute atomic E-state index is 0.0759. The number of carbonyl (C=O) groups excluding carboxylic acids is 1. The van der Waals surface area contributed by atoms with Crippen molar-refractivity contribution in [2.75, 3.05) is 32.9 Å². The summed E-state index contributed by atoms with van der Waals surface area (Å²) >= 11 is 23.6. The van der Waals surface area contributed by atoms with Crippen LogP contribution >= 0.6 is 46.4 Å². The van der Waals surface area contributed by atoms with Gasteiger partial charge in [-0.05, 0) is 43.2 Å². The summed E-state index contributed by atoms with van der Waals surface area (Å²) in [5, 5.41) is 0.681. The lowest BCUT2D eigenvalue weighted by molar-refractivity contribution is 0.0793. The molecule has 0 saturated carbocycles. The van der Waals surface area contributed by atoms with Crippen molar-refractivity contribution in [2.45, 2.75) is 19.3 Å². The summed E-state index contributed by atoms with van der Waals surface area (Å²) in [6.07, 6.45) is 4.28. The molecule has 32 heavy (non-hydrogen) atoms. The van der Waals surface area contributed by atoms with Crippen LogP contribution in [0.4, 0.5) is 0 Å². The lowest BCUT2D eigenvalue weighted by Crippen LogP contribution is -2.27. The molecule has 0 spiro atoms. The van der Waals surface area contributed by atoms with Crippen molar-refractivity contribution < 1.29 is 19.0 Å². The molecule has 0 aromatic heterocycles. The van der Waals surface area contributed by atoms with Crippen LogP contribution in [0.3, 0.4) is 0 Å². The van der Waals surface area contributed by atoms with E-state index in [1.807, 2.05) is 17.0 Å². The highest BCUT2D eigenvalue weighted by Crippen LogP contribution is 2.37. The normalized spacial score (nSPS) is 13.1. The van der Waals surface area contributed by atoms with E-state index in [9.17, 15) is 4.79 Å². The van der Waals surface area contributed by atoms with E-state index in [2.05, 4.69) is 0 Å². The maximum absolute atomic E-state index is 12.4. The van der Waals surface area contributed by atoms with E-state index in [0.717, 1.165) is 25.9 Å². The van der Waals surface area contributed by atoms with Gasteiger partial charge in [-0.25, -0.2) is 0 Å². The molecule has 9 heteroatoms. The molecular formula is C23H23Cl4NO4. The van der Waals surface area contributed by atoms with Crippen molar-refractivity contribution >= 4 is 52.3 Å². The van der Waals surface area contributed by atoms with Crippen LogP contribution in [0.15, 0.2) is 47.0 Å². The second kappa shape index (κ2) is 12.4. The molecule has 1 saturated heterocycles. The Morgan fingerprint density at radius 1 is 0.906 bits per heavy atom. The van der Waals surface area contributed by atoms with Crippen LogP contribution in [-0.4, -0.2) is 43.7 Å². The van der Waals surface area contributed by atoms with E-state index in [4.69, 9.17) is 60.6 Å². The Bertz CT molecular complexity index is 917. The number of benzene rings is 2. The molecule has 0 atom stereocenters. The van der Waals surface area contributed by atoms with Crippen LogP contribution < -0.4 is 14.2 Å². The van der Waals surface area contributed by atoms with Gasteiger partial charge in [0.15, 0.2) is 5.75 Å². The third kappa shape index (κ3) is 7.38. The molecule has 5 nitrogen and oxygen atoms in total. The molecule has 1 amide bonds. The molecule has 1 fully saturated rings. The lowest BCUT2D eigenvalue weighted by Gasteiger charge is -2.15. The maximum Gasteiger partial charge on any atom is 0.253 e. The van der Waals surface area contributed by atoms with Gasteiger partial charge in [0.2, 0.25) is 0 Å². The second-order valence-corrected chi connectivity index (χ2v) is 8.92. The minimum Gasteiger partial charge on any atom is -0.493 e. The summed E-state index contributed by atoms with van der Waals surface area (Å²) in [6.45, 7) is 2.68. The fraction of sp³-hybridized carbons (Fsp3) is 0.348. The Morgan fingerprint density at radius 2 is 1.53 bits per heavy atom. The van der Waals surface area contributed by atoms with Gasteiger partial charge in [-0.1, -0.05) is 46.4 Å². The van der Waals surface area contributed by atoms with Crippen molar-refractivity contribution in [3.8, 4) is 17.2 Å². The van der Waals surface area contributed by atoms with Crippen molar-refractivity contribution in [2.24, 2.45) is 0 Å². The summed E-state index contributed by atoms with van der Waals surface area (Å²) in [7, 11) is 0. The number of amides is 1. The Labute approximate surface area is 207 Å². The second-order valence-electron chi connectivity index (χ2n) is 7.09. The Morgan fingerprint density at radius 3 is 2.16 bits per heavy atom. The predicted molar refractivity (Wildman–Crippen MR) is 129 cm³/mol. The molecule has 1 heterocycles. The Hall–Kier alpha value is -1.79. The van der Waals surface area contributed by atoms with Gasteiger partial charge in [-0.3, -0.25) is 4.79 Å². The molecule has 0 unspecified atom stereocenters. The van der Waals surface area contributed by atoms with Crippen molar-refractivity contribution in [3.63, 3.8) is 0 Å². The van der Waals surface area contributed by atoms with Crippen molar-refractivity contribution in [3.05, 3.63) is 62.6 Å². The summed E-state index contributed by atoms with van der Waals surface area (Å²) in [5.41, 5.74) is 0.682. The zero-order valence-corrected chi connectivity index (χ0v) is 20.3. The molecule has 0 radical (unpaired) electrons. The summed E-state index contributed by atoms with van der Waals surface area (Å²) < 4.78 is 17.0. The highest BCUT2D eigenvalue weighted by molar-refractivity contribution is 6.55. The quantitative estimate of drug-likeness (QED) is 0.325. The Balaban J connectivity index is 1.41. The van der Waals surface area contributed by atoms with E-state index in [1.54, 1.807) is 24.3 Å². The first-order valence-corrected chi connectivity index (χ1v) is 11.7. The van der Waals surface area contributed by atoms with Gasteiger partial charge in [0.25, 0.3) is 5.91 Å². The van der Waals surface area contributed by atoms with E-state index < -0.39 is 0 Å². The first-order valence-electron chi connectivity index (χ1n) is 10.2. The van der Waals surface area contributed by atoms with Gasteiger partial charge in [-0.2, -0.15) is 0 Å². The van der Waals surface area contributed by atoms with Gasteiger partial charge in [0.05, 0.1) is 23.3 Å². The van der Waals surface area contributed by atoms with E-state index in [0.29, 0.717) is 52.5 Å².